The van der Waals surface area contributed by atoms with Crippen LogP contribution in [0.15, 0.2) is 54.6 Å². The molecule has 3 aromatic rings. The number of anilines is 1. The Morgan fingerprint density at radius 2 is 1.88 bits per heavy atom. The minimum atomic E-state index is 0.237. The highest BCUT2D eigenvalue weighted by molar-refractivity contribution is 5.71. The molecule has 0 bridgehead atoms. The first kappa shape index (κ1) is 17.2. The Bertz CT molecular complexity index is 972. The smallest absolute Gasteiger partial charge is 0.221 e. The van der Waals surface area contributed by atoms with E-state index in [1.165, 1.54) is 0 Å². The summed E-state index contributed by atoms with van der Waals surface area (Å²) in [5.74, 6) is 3.46. The molecule has 0 saturated heterocycles. The van der Waals surface area contributed by atoms with E-state index in [4.69, 9.17) is 16.9 Å². The molecular formula is C22H19N3O. The van der Waals surface area contributed by atoms with E-state index in [1.807, 2.05) is 73.7 Å². The number of nitrogen functional groups attached to an aromatic ring is 1. The van der Waals surface area contributed by atoms with Crippen LogP contribution < -0.4 is 10.5 Å². The molecule has 128 valence electrons. The van der Waals surface area contributed by atoms with Gasteiger partial charge in [0.05, 0.1) is 11.4 Å². The third-order valence-corrected chi connectivity index (χ3v) is 3.79. The second kappa shape index (κ2) is 8.00. The van der Waals surface area contributed by atoms with Crippen molar-refractivity contribution in [2.75, 3.05) is 12.3 Å². The van der Waals surface area contributed by atoms with Crippen molar-refractivity contribution in [1.82, 2.24) is 9.97 Å². The van der Waals surface area contributed by atoms with Crippen molar-refractivity contribution < 1.29 is 4.74 Å². The summed E-state index contributed by atoms with van der Waals surface area (Å²) in [4.78, 5) is 8.64. The van der Waals surface area contributed by atoms with Gasteiger partial charge in [0.2, 0.25) is 5.95 Å². The molecule has 0 atom stereocenters. The Labute approximate surface area is 153 Å². The zero-order valence-electron chi connectivity index (χ0n) is 14.5. The monoisotopic (exact) mass is 341 g/mol. The molecule has 2 aromatic carbocycles. The lowest BCUT2D eigenvalue weighted by atomic mass is 10.1. The Morgan fingerprint density at radius 3 is 2.62 bits per heavy atom. The van der Waals surface area contributed by atoms with Crippen LogP contribution in [-0.4, -0.2) is 16.6 Å². The quantitative estimate of drug-likeness (QED) is 0.706. The number of nitrogens with zero attached hydrogens (tertiary/aromatic N) is 2. The van der Waals surface area contributed by atoms with Gasteiger partial charge in [-0.15, -0.1) is 6.42 Å². The van der Waals surface area contributed by atoms with Crippen LogP contribution in [-0.2, 0) is 0 Å². The van der Waals surface area contributed by atoms with Crippen LogP contribution in [0, 0.1) is 19.3 Å². The first-order valence-electron chi connectivity index (χ1n) is 8.20. The van der Waals surface area contributed by atoms with E-state index in [0.29, 0.717) is 0 Å². The summed E-state index contributed by atoms with van der Waals surface area (Å²) in [7, 11) is 0. The maximum absolute atomic E-state index is 5.90. The molecule has 4 heteroatoms. The molecule has 1 aromatic heterocycles. The summed E-state index contributed by atoms with van der Waals surface area (Å²) in [5, 5.41) is 0. The number of terminal acetylenes is 1. The van der Waals surface area contributed by atoms with Gasteiger partial charge in [0.25, 0.3) is 0 Å². The van der Waals surface area contributed by atoms with Crippen molar-refractivity contribution in [2.24, 2.45) is 0 Å². The molecular weight excluding hydrogens is 322 g/mol. The molecule has 2 N–H and O–H groups in total. The van der Waals surface area contributed by atoms with Gasteiger partial charge in [-0.25, -0.2) is 9.97 Å². The second-order valence-electron chi connectivity index (χ2n) is 5.75. The lowest BCUT2D eigenvalue weighted by molar-refractivity contribution is 0.368. The van der Waals surface area contributed by atoms with Gasteiger partial charge in [-0.2, -0.15) is 0 Å². The number of aromatic nitrogens is 2. The van der Waals surface area contributed by atoms with Crippen molar-refractivity contribution >= 4 is 18.1 Å². The lowest BCUT2D eigenvalue weighted by Gasteiger charge is -2.09. The molecule has 0 unspecified atom stereocenters. The largest absolute Gasteiger partial charge is 0.481 e. The number of nitrogens with two attached hydrogens (primary N) is 1. The van der Waals surface area contributed by atoms with E-state index in [0.717, 1.165) is 33.8 Å². The number of hydrogen-bond donors (Lipinski definition) is 1. The van der Waals surface area contributed by atoms with Gasteiger partial charge in [-0.1, -0.05) is 42.3 Å². The standard InChI is InChI=1S/C22H19N3O/c1-3-13-26-21-12-10-18(14-16(21)2)20-15-19(24-22(23)25-20)11-9-17-7-5-4-6-8-17/h1,4-12,14-15H,13H2,2H3,(H2,23,24,25)/b11-9+. The first-order chi connectivity index (χ1) is 12.7. The summed E-state index contributed by atoms with van der Waals surface area (Å²) in [6.45, 7) is 2.21. The molecule has 0 spiro atoms. The minimum absolute atomic E-state index is 0.237. The average molecular weight is 341 g/mol. The highest BCUT2D eigenvalue weighted by Crippen LogP contribution is 2.26. The maximum Gasteiger partial charge on any atom is 0.221 e. The number of benzene rings is 2. The van der Waals surface area contributed by atoms with Crippen LogP contribution in [0.3, 0.4) is 0 Å². The second-order valence-corrected chi connectivity index (χ2v) is 5.75. The van der Waals surface area contributed by atoms with Crippen LogP contribution in [0.2, 0.25) is 0 Å². The average Bonchev–Trinajstić information content (AvgIpc) is 2.66. The van der Waals surface area contributed by atoms with Gasteiger partial charge in [0, 0.05) is 5.56 Å². The van der Waals surface area contributed by atoms with E-state index in [1.54, 1.807) is 0 Å². The summed E-state index contributed by atoms with van der Waals surface area (Å²) >= 11 is 0. The van der Waals surface area contributed by atoms with E-state index < -0.39 is 0 Å². The SMILES string of the molecule is C#CCOc1ccc(-c2cc(/C=C/c3ccccc3)nc(N)n2)cc1C. The molecule has 0 aliphatic carbocycles. The van der Waals surface area contributed by atoms with Crippen molar-refractivity contribution in [3.63, 3.8) is 0 Å². The summed E-state index contributed by atoms with van der Waals surface area (Å²) in [5.41, 5.74) is 10.4. The Balaban J connectivity index is 1.89. The molecule has 4 nitrogen and oxygen atoms in total. The van der Waals surface area contributed by atoms with E-state index in [9.17, 15) is 0 Å². The van der Waals surface area contributed by atoms with Crippen molar-refractivity contribution in [3.8, 4) is 29.4 Å². The molecule has 26 heavy (non-hydrogen) atoms. The minimum Gasteiger partial charge on any atom is -0.481 e. The van der Waals surface area contributed by atoms with Crippen LogP contribution in [0.5, 0.6) is 5.75 Å². The Morgan fingerprint density at radius 1 is 1.08 bits per heavy atom. The van der Waals surface area contributed by atoms with E-state index in [2.05, 4.69) is 15.9 Å². The molecule has 0 aliphatic rings. The fraction of sp³-hybridized carbons (Fsp3) is 0.0909. The summed E-state index contributed by atoms with van der Waals surface area (Å²) in [6, 6.07) is 17.8. The zero-order valence-corrected chi connectivity index (χ0v) is 14.5. The van der Waals surface area contributed by atoms with Crippen LogP contribution in [0.4, 0.5) is 5.95 Å². The summed E-state index contributed by atoms with van der Waals surface area (Å²) < 4.78 is 5.51. The van der Waals surface area contributed by atoms with Crippen LogP contribution in [0.25, 0.3) is 23.4 Å². The third-order valence-electron chi connectivity index (χ3n) is 3.79. The maximum atomic E-state index is 5.90. The van der Waals surface area contributed by atoms with Gasteiger partial charge in [0.15, 0.2) is 0 Å². The first-order valence-corrected chi connectivity index (χ1v) is 8.20. The predicted octanol–water partition coefficient (Wildman–Crippen LogP) is 4.22. The normalized spacial score (nSPS) is 10.6. The van der Waals surface area contributed by atoms with Gasteiger partial charge in [0.1, 0.15) is 12.4 Å². The van der Waals surface area contributed by atoms with Crippen LogP contribution in [0.1, 0.15) is 16.8 Å². The Hall–Kier alpha value is -3.58. The number of hydrogen-bond acceptors (Lipinski definition) is 4. The van der Waals surface area contributed by atoms with Crippen LogP contribution >= 0.6 is 0 Å². The fourth-order valence-electron chi connectivity index (χ4n) is 2.55. The summed E-state index contributed by atoms with van der Waals surface area (Å²) in [6.07, 6.45) is 9.16. The Kier molecular flexibility index (Phi) is 5.31. The molecule has 1 heterocycles. The molecule has 0 fully saturated rings. The molecule has 0 aliphatic heterocycles. The molecule has 0 amide bonds. The van der Waals surface area contributed by atoms with Crippen molar-refractivity contribution in [3.05, 3.63) is 71.4 Å². The van der Waals surface area contributed by atoms with Crippen molar-refractivity contribution in [2.45, 2.75) is 6.92 Å². The number of aryl methyl sites for hydroxylation is 1. The van der Waals surface area contributed by atoms with E-state index in [-0.39, 0.29) is 12.6 Å². The number of ether oxygens (including phenoxy) is 1. The molecule has 0 radical (unpaired) electrons. The predicted molar refractivity (Wildman–Crippen MR) is 106 cm³/mol. The number of rotatable bonds is 5. The third kappa shape index (κ3) is 4.28. The van der Waals surface area contributed by atoms with E-state index >= 15 is 0 Å². The van der Waals surface area contributed by atoms with Gasteiger partial charge >= 0.3 is 0 Å². The fourth-order valence-corrected chi connectivity index (χ4v) is 2.55. The lowest BCUT2D eigenvalue weighted by Crippen LogP contribution is -1.99. The highest BCUT2D eigenvalue weighted by atomic mass is 16.5. The van der Waals surface area contributed by atoms with Gasteiger partial charge < -0.3 is 10.5 Å². The molecule has 0 saturated carbocycles. The zero-order chi connectivity index (χ0) is 18.4. The van der Waals surface area contributed by atoms with Crippen molar-refractivity contribution in [1.29, 1.82) is 0 Å². The van der Waals surface area contributed by atoms with Gasteiger partial charge in [-0.05, 0) is 48.4 Å². The topological polar surface area (TPSA) is 61.0 Å². The highest BCUT2D eigenvalue weighted by Gasteiger charge is 2.07. The molecule has 3 rings (SSSR count). The van der Waals surface area contributed by atoms with Gasteiger partial charge in [-0.3, -0.25) is 0 Å².